The van der Waals surface area contributed by atoms with Crippen molar-refractivity contribution in [3.8, 4) is 39.1 Å². The number of benzene rings is 9. The first-order chi connectivity index (χ1) is 27.2. The average Bonchev–Trinajstić information content (AvgIpc) is 3.81. The van der Waals surface area contributed by atoms with Gasteiger partial charge in [-0.3, -0.25) is 0 Å². The largest absolute Gasteiger partial charge is 0.454 e. The Kier molecular flexibility index (Phi) is 7.17. The minimum Gasteiger partial charge on any atom is -0.454 e. The molecule has 0 saturated heterocycles. The fourth-order valence-electron chi connectivity index (χ4n) is 8.28. The van der Waals surface area contributed by atoms with Crippen molar-refractivity contribution in [2.45, 2.75) is 0 Å². The van der Waals surface area contributed by atoms with Gasteiger partial charge in [0.25, 0.3) is 0 Å². The summed E-state index contributed by atoms with van der Waals surface area (Å²) >= 11 is 0. The minimum atomic E-state index is 0.876. The Balaban J connectivity index is 0.850. The van der Waals surface area contributed by atoms with E-state index in [1.165, 1.54) is 71.6 Å². The van der Waals surface area contributed by atoms with Gasteiger partial charge in [-0.2, -0.15) is 0 Å². The van der Waals surface area contributed by atoms with Gasteiger partial charge in [-0.25, -0.2) is 0 Å². The molecule has 1 N–H and O–H groups in total. The molecule has 0 aliphatic carbocycles. The lowest BCUT2D eigenvalue weighted by atomic mass is 9.97. The van der Waals surface area contributed by atoms with E-state index in [-0.39, 0.29) is 0 Å². The molecule has 0 fully saturated rings. The van der Waals surface area contributed by atoms with Gasteiger partial charge >= 0.3 is 0 Å². The molecule has 0 spiro atoms. The number of furan rings is 1. The normalized spacial score (nSPS) is 11.6. The van der Waals surface area contributed by atoms with Crippen molar-refractivity contribution in [2.24, 2.45) is 0 Å². The van der Waals surface area contributed by atoms with E-state index in [4.69, 9.17) is 4.42 Å². The van der Waals surface area contributed by atoms with Crippen molar-refractivity contribution in [2.75, 3.05) is 5.32 Å². The van der Waals surface area contributed by atoms with Crippen LogP contribution in [0.2, 0.25) is 0 Å². The van der Waals surface area contributed by atoms with E-state index >= 15 is 0 Å². The van der Waals surface area contributed by atoms with E-state index in [0.29, 0.717) is 0 Å². The van der Waals surface area contributed by atoms with Crippen LogP contribution in [-0.4, -0.2) is 4.57 Å². The summed E-state index contributed by atoms with van der Waals surface area (Å²) < 4.78 is 8.79. The molecule has 0 unspecified atom stereocenters. The molecule has 3 heteroatoms. The number of hydrogen-bond donors (Lipinski definition) is 1. The second-order valence-corrected chi connectivity index (χ2v) is 14.2. The molecule has 3 nitrogen and oxygen atoms in total. The Labute approximate surface area is 318 Å². The molecule has 0 aliphatic rings. The van der Waals surface area contributed by atoms with Crippen molar-refractivity contribution < 1.29 is 4.42 Å². The Hall–Kier alpha value is -7.36. The van der Waals surface area contributed by atoms with Crippen molar-refractivity contribution in [3.63, 3.8) is 0 Å². The van der Waals surface area contributed by atoms with Crippen LogP contribution in [0, 0.1) is 0 Å². The maximum Gasteiger partial charge on any atom is 0.159 e. The van der Waals surface area contributed by atoms with Gasteiger partial charge in [0.15, 0.2) is 5.58 Å². The van der Waals surface area contributed by atoms with Crippen LogP contribution in [0.25, 0.3) is 93.6 Å². The Morgan fingerprint density at radius 1 is 0.382 bits per heavy atom. The van der Waals surface area contributed by atoms with Crippen LogP contribution >= 0.6 is 0 Å². The van der Waals surface area contributed by atoms with Crippen LogP contribution in [0.3, 0.4) is 0 Å². The second-order valence-electron chi connectivity index (χ2n) is 14.2. The maximum absolute atomic E-state index is 6.42. The van der Waals surface area contributed by atoms with E-state index in [9.17, 15) is 0 Å². The zero-order chi connectivity index (χ0) is 36.3. The SMILES string of the molecule is c1ccc(-n2c3ccccc3c3ccc(-c4ccc(-c5ccc(-c6ccc(Nc7cc8ccccc8c8c7oc7ccccc78)cc6)cc5)cc4)cc32)cc1. The van der Waals surface area contributed by atoms with Crippen molar-refractivity contribution >= 4 is 65.9 Å². The van der Waals surface area contributed by atoms with Gasteiger partial charge in [0, 0.05) is 32.9 Å². The number of para-hydroxylation sites is 3. The third-order valence-corrected chi connectivity index (χ3v) is 11.0. The topological polar surface area (TPSA) is 30.1 Å². The average molecular weight is 703 g/mol. The van der Waals surface area contributed by atoms with Gasteiger partial charge in [-0.05, 0) is 92.7 Å². The number of nitrogens with one attached hydrogen (secondary N) is 1. The first-order valence-electron chi connectivity index (χ1n) is 18.8. The van der Waals surface area contributed by atoms with Crippen molar-refractivity contribution in [3.05, 3.63) is 200 Å². The van der Waals surface area contributed by atoms with Crippen LogP contribution in [-0.2, 0) is 0 Å². The zero-order valence-electron chi connectivity index (χ0n) is 29.9. The molecule has 11 rings (SSSR count). The summed E-state index contributed by atoms with van der Waals surface area (Å²) in [6.07, 6.45) is 0. The lowest BCUT2D eigenvalue weighted by molar-refractivity contribution is 0.670. The Morgan fingerprint density at radius 2 is 0.909 bits per heavy atom. The molecule has 2 aromatic heterocycles. The number of hydrogen-bond acceptors (Lipinski definition) is 2. The molecule has 258 valence electrons. The number of anilines is 2. The molecule has 55 heavy (non-hydrogen) atoms. The first-order valence-corrected chi connectivity index (χ1v) is 18.8. The molecule has 9 aromatic carbocycles. The predicted octanol–water partition coefficient (Wildman–Crippen LogP) is 14.6. The third kappa shape index (κ3) is 5.28. The van der Waals surface area contributed by atoms with Crippen LogP contribution in [0.4, 0.5) is 11.4 Å². The predicted molar refractivity (Wildman–Crippen MR) is 232 cm³/mol. The first kappa shape index (κ1) is 31.2. The summed E-state index contributed by atoms with van der Waals surface area (Å²) in [6, 6.07) is 71.5. The second kappa shape index (κ2) is 12.6. The highest BCUT2D eigenvalue weighted by atomic mass is 16.3. The van der Waals surface area contributed by atoms with Gasteiger partial charge in [-0.1, -0.05) is 152 Å². The summed E-state index contributed by atoms with van der Waals surface area (Å²) in [5, 5.41) is 10.8. The minimum absolute atomic E-state index is 0.876. The highest BCUT2D eigenvalue weighted by Crippen LogP contribution is 2.41. The highest BCUT2D eigenvalue weighted by molar-refractivity contribution is 6.22. The molecule has 0 amide bonds. The molecule has 0 radical (unpaired) electrons. The molecule has 2 heterocycles. The Morgan fingerprint density at radius 3 is 1.62 bits per heavy atom. The molecular weight excluding hydrogens is 669 g/mol. The molecule has 0 bridgehead atoms. The van der Waals surface area contributed by atoms with Crippen LogP contribution < -0.4 is 5.32 Å². The standard InChI is InChI=1S/C52H34N2O/c1-2-11-42(12-3-1)54-48-16-8-6-14-44(48)45-31-28-39(33-49(45)54)38-24-22-35(23-25-38)34-18-20-36(21-19-34)37-26-29-41(30-27-37)53-47-32-40-10-4-5-13-43(40)51-46-15-7-9-17-50(46)55-52(47)51/h1-33,53H. The lowest BCUT2D eigenvalue weighted by Crippen LogP contribution is -1.93. The van der Waals surface area contributed by atoms with Gasteiger partial charge in [0.1, 0.15) is 5.58 Å². The third-order valence-electron chi connectivity index (χ3n) is 11.0. The fraction of sp³-hybridized carbons (Fsp3) is 0. The maximum atomic E-state index is 6.42. The summed E-state index contributed by atoms with van der Waals surface area (Å²) in [4.78, 5) is 0. The quantitative estimate of drug-likeness (QED) is 0.187. The summed E-state index contributed by atoms with van der Waals surface area (Å²) in [5.74, 6) is 0. The lowest BCUT2D eigenvalue weighted by Gasteiger charge is -2.11. The summed E-state index contributed by atoms with van der Waals surface area (Å²) in [6.45, 7) is 0. The number of nitrogens with zero attached hydrogens (tertiary/aromatic N) is 1. The van der Waals surface area contributed by atoms with Crippen LogP contribution in [0.1, 0.15) is 0 Å². The summed E-state index contributed by atoms with van der Waals surface area (Å²) in [7, 11) is 0. The van der Waals surface area contributed by atoms with Gasteiger partial charge in [0.05, 0.1) is 16.7 Å². The zero-order valence-corrected chi connectivity index (χ0v) is 29.9. The van der Waals surface area contributed by atoms with E-state index in [2.05, 4.69) is 198 Å². The molecular formula is C52H34N2O. The number of aromatic nitrogens is 1. The fourth-order valence-corrected chi connectivity index (χ4v) is 8.28. The summed E-state index contributed by atoms with van der Waals surface area (Å²) in [5.41, 5.74) is 14.5. The Bertz CT molecular complexity index is 3190. The van der Waals surface area contributed by atoms with Gasteiger partial charge in [-0.15, -0.1) is 0 Å². The van der Waals surface area contributed by atoms with E-state index in [1.807, 2.05) is 12.1 Å². The van der Waals surface area contributed by atoms with Gasteiger partial charge < -0.3 is 14.3 Å². The van der Waals surface area contributed by atoms with E-state index < -0.39 is 0 Å². The van der Waals surface area contributed by atoms with E-state index in [0.717, 1.165) is 33.3 Å². The monoisotopic (exact) mass is 702 g/mol. The smallest absolute Gasteiger partial charge is 0.159 e. The highest BCUT2D eigenvalue weighted by Gasteiger charge is 2.16. The van der Waals surface area contributed by atoms with Crippen molar-refractivity contribution in [1.82, 2.24) is 4.57 Å². The number of rotatable bonds is 6. The van der Waals surface area contributed by atoms with E-state index in [1.54, 1.807) is 0 Å². The molecule has 11 aromatic rings. The van der Waals surface area contributed by atoms with Gasteiger partial charge in [0.2, 0.25) is 0 Å². The molecule has 0 aliphatic heterocycles. The molecule has 0 saturated carbocycles. The van der Waals surface area contributed by atoms with Crippen LogP contribution in [0.5, 0.6) is 0 Å². The van der Waals surface area contributed by atoms with Crippen LogP contribution in [0.15, 0.2) is 205 Å². The molecule has 0 atom stereocenters. The number of fused-ring (bicyclic) bond motifs is 8. The van der Waals surface area contributed by atoms with Crippen molar-refractivity contribution in [1.29, 1.82) is 0 Å².